The summed E-state index contributed by atoms with van der Waals surface area (Å²) >= 11 is 0. The maximum Gasteiger partial charge on any atom is 0.0650 e. The number of fused-ring (bicyclic) bond motifs is 1. The van der Waals surface area contributed by atoms with Gasteiger partial charge < -0.3 is 0 Å². The van der Waals surface area contributed by atoms with Gasteiger partial charge in [-0.05, 0) is 30.2 Å². The lowest BCUT2D eigenvalue weighted by molar-refractivity contribution is 1.12. The topological polar surface area (TPSA) is 28.7 Å². The molecule has 0 spiro atoms. The van der Waals surface area contributed by atoms with Crippen LogP contribution in [0.1, 0.15) is 12.5 Å². The van der Waals surface area contributed by atoms with E-state index in [1.54, 1.807) is 6.08 Å². The number of allylic oxidation sites excluding steroid dienone is 5. The highest BCUT2D eigenvalue weighted by atomic mass is 15.1. The molecule has 0 bridgehead atoms. The molecule has 2 rings (SSSR count). The van der Waals surface area contributed by atoms with Crippen molar-refractivity contribution in [2.24, 2.45) is 0 Å². The van der Waals surface area contributed by atoms with Crippen LogP contribution >= 0.6 is 0 Å². The van der Waals surface area contributed by atoms with Crippen LogP contribution in [0.3, 0.4) is 0 Å². The van der Waals surface area contributed by atoms with Gasteiger partial charge >= 0.3 is 0 Å². The number of H-pyrrole nitrogens is 1. The summed E-state index contributed by atoms with van der Waals surface area (Å²) in [6.45, 7) is 5.70. The first-order valence-electron chi connectivity index (χ1n) is 5.24. The second-order valence-corrected chi connectivity index (χ2v) is 3.51. The molecule has 1 N–H and O–H groups in total. The Morgan fingerprint density at radius 3 is 3.06 bits per heavy atom. The smallest absolute Gasteiger partial charge is 0.0650 e. The Kier molecular flexibility index (Phi) is 3.01. The van der Waals surface area contributed by atoms with Gasteiger partial charge in [0, 0.05) is 5.39 Å². The number of hydrogen-bond acceptors (Lipinski definition) is 1. The summed E-state index contributed by atoms with van der Waals surface area (Å²) in [7, 11) is 0. The zero-order valence-corrected chi connectivity index (χ0v) is 9.27. The Morgan fingerprint density at radius 1 is 1.44 bits per heavy atom. The van der Waals surface area contributed by atoms with Gasteiger partial charge in [0.2, 0.25) is 0 Å². The van der Waals surface area contributed by atoms with Crippen LogP contribution in [0.25, 0.3) is 16.5 Å². The molecule has 0 aliphatic carbocycles. The molecule has 0 radical (unpaired) electrons. The molecule has 2 nitrogen and oxygen atoms in total. The molecule has 0 saturated carbocycles. The van der Waals surface area contributed by atoms with Gasteiger partial charge in [-0.25, -0.2) is 0 Å². The zero-order valence-electron chi connectivity index (χ0n) is 9.27. The first-order valence-corrected chi connectivity index (χ1v) is 5.24. The fraction of sp³-hybridized carbons (Fsp3) is 0.0714. The highest BCUT2D eigenvalue weighted by Crippen LogP contribution is 2.20. The number of nitrogens with zero attached hydrogens (tertiary/aromatic N) is 1. The van der Waals surface area contributed by atoms with E-state index in [1.807, 2.05) is 31.3 Å². The molecule has 0 unspecified atom stereocenters. The van der Waals surface area contributed by atoms with Gasteiger partial charge in [-0.15, -0.1) is 0 Å². The molecule has 16 heavy (non-hydrogen) atoms. The number of hydrogen-bond donors (Lipinski definition) is 1. The average molecular weight is 210 g/mol. The Labute approximate surface area is 95.0 Å². The van der Waals surface area contributed by atoms with Gasteiger partial charge in [0.15, 0.2) is 0 Å². The molecule has 0 fully saturated rings. The van der Waals surface area contributed by atoms with Gasteiger partial charge in [-0.3, -0.25) is 5.10 Å². The Bertz CT molecular complexity index is 559. The number of benzene rings is 1. The molecular weight excluding hydrogens is 196 g/mol. The molecule has 0 saturated heterocycles. The normalized spacial score (nSPS) is 12.4. The SMILES string of the molecule is C=C/C=C\C(=C/C)c1ccc2[nH]ncc2c1. The van der Waals surface area contributed by atoms with Crippen molar-refractivity contribution in [3.63, 3.8) is 0 Å². The van der Waals surface area contributed by atoms with Crippen LogP contribution in [0.2, 0.25) is 0 Å². The molecule has 0 atom stereocenters. The molecule has 1 heterocycles. The molecular formula is C14H14N2. The van der Waals surface area contributed by atoms with E-state index in [1.165, 1.54) is 11.1 Å². The fourth-order valence-corrected chi connectivity index (χ4v) is 1.65. The summed E-state index contributed by atoms with van der Waals surface area (Å²) in [6.07, 6.45) is 9.69. The van der Waals surface area contributed by atoms with Crippen molar-refractivity contribution in [2.75, 3.05) is 0 Å². The van der Waals surface area contributed by atoms with Gasteiger partial charge in [0.1, 0.15) is 0 Å². The summed E-state index contributed by atoms with van der Waals surface area (Å²) < 4.78 is 0. The molecule has 1 aromatic carbocycles. The average Bonchev–Trinajstić information content (AvgIpc) is 2.77. The van der Waals surface area contributed by atoms with Crippen LogP contribution in [0.4, 0.5) is 0 Å². The monoisotopic (exact) mass is 210 g/mol. The zero-order chi connectivity index (χ0) is 11.4. The summed E-state index contributed by atoms with van der Waals surface area (Å²) in [5.74, 6) is 0. The predicted octanol–water partition coefficient (Wildman–Crippen LogP) is 3.71. The summed E-state index contributed by atoms with van der Waals surface area (Å²) in [6, 6.07) is 6.26. The highest BCUT2D eigenvalue weighted by Gasteiger charge is 2.00. The van der Waals surface area contributed by atoms with E-state index in [0.29, 0.717) is 0 Å². The van der Waals surface area contributed by atoms with Crippen molar-refractivity contribution in [3.8, 4) is 0 Å². The lowest BCUT2D eigenvalue weighted by atomic mass is 10.0. The van der Waals surface area contributed by atoms with Gasteiger partial charge in [-0.2, -0.15) is 5.10 Å². The van der Waals surface area contributed by atoms with Crippen molar-refractivity contribution in [2.45, 2.75) is 6.92 Å². The van der Waals surface area contributed by atoms with E-state index in [0.717, 1.165) is 10.9 Å². The Morgan fingerprint density at radius 2 is 2.31 bits per heavy atom. The van der Waals surface area contributed by atoms with Crippen LogP contribution in [0, 0.1) is 0 Å². The Balaban J connectivity index is 2.45. The molecule has 0 amide bonds. The van der Waals surface area contributed by atoms with Crippen LogP contribution < -0.4 is 0 Å². The van der Waals surface area contributed by atoms with Crippen LogP contribution in [-0.2, 0) is 0 Å². The molecule has 2 aromatic rings. The predicted molar refractivity (Wildman–Crippen MR) is 69.1 cm³/mol. The minimum atomic E-state index is 1.06. The van der Waals surface area contributed by atoms with Crippen molar-refractivity contribution in [1.82, 2.24) is 10.2 Å². The maximum absolute atomic E-state index is 4.01. The van der Waals surface area contributed by atoms with E-state index in [2.05, 4.69) is 35.0 Å². The summed E-state index contributed by atoms with van der Waals surface area (Å²) in [5.41, 5.74) is 3.43. The number of aromatic nitrogens is 2. The van der Waals surface area contributed by atoms with Gasteiger partial charge in [0.25, 0.3) is 0 Å². The van der Waals surface area contributed by atoms with Crippen LogP contribution in [0.5, 0.6) is 0 Å². The third-order valence-electron chi connectivity index (χ3n) is 2.50. The van der Waals surface area contributed by atoms with Crippen molar-refractivity contribution in [1.29, 1.82) is 0 Å². The second kappa shape index (κ2) is 4.62. The summed E-state index contributed by atoms with van der Waals surface area (Å²) in [5, 5.41) is 8.08. The first kappa shape index (κ1) is 10.4. The number of nitrogens with one attached hydrogen (secondary N) is 1. The maximum atomic E-state index is 4.01. The van der Waals surface area contributed by atoms with Gasteiger partial charge in [0.05, 0.1) is 11.7 Å². The molecule has 0 aliphatic rings. The van der Waals surface area contributed by atoms with E-state index < -0.39 is 0 Å². The number of rotatable bonds is 3. The van der Waals surface area contributed by atoms with Crippen LogP contribution in [-0.4, -0.2) is 10.2 Å². The van der Waals surface area contributed by atoms with Gasteiger partial charge in [-0.1, -0.05) is 36.9 Å². The van der Waals surface area contributed by atoms with Crippen molar-refractivity contribution in [3.05, 3.63) is 60.8 Å². The highest BCUT2D eigenvalue weighted by molar-refractivity contribution is 5.85. The van der Waals surface area contributed by atoms with E-state index in [4.69, 9.17) is 0 Å². The van der Waals surface area contributed by atoms with Crippen molar-refractivity contribution >= 4 is 16.5 Å². The van der Waals surface area contributed by atoms with Crippen molar-refractivity contribution < 1.29 is 0 Å². The third-order valence-corrected chi connectivity index (χ3v) is 2.50. The van der Waals surface area contributed by atoms with Crippen LogP contribution in [0.15, 0.2) is 55.3 Å². The van der Waals surface area contributed by atoms with E-state index in [9.17, 15) is 0 Å². The minimum absolute atomic E-state index is 1.06. The minimum Gasteiger partial charge on any atom is -0.278 e. The second-order valence-electron chi connectivity index (χ2n) is 3.51. The first-order chi connectivity index (χ1) is 7.85. The fourth-order valence-electron chi connectivity index (χ4n) is 1.65. The Hall–Kier alpha value is -2.09. The standard InChI is InChI=1S/C14H14N2/c1-3-5-6-11(4-2)12-7-8-14-13(9-12)10-15-16-14/h3-10H,1H2,2H3,(H,15,16)/b6-5-,11-4+. The molecule has 0 aliphatic heterocycles. The molecule has 2 heteroatoms. The van der Waals surface area contributed by atoms with E-state index in [-0.39, 0.29) is 0 Å². The third kappa shape index (κ3) is 1.96. The summed E-state index contributed by atoms with van der Waals surface area (Å²) in [4.78, 5) is 0. The number of aromatic amines is 1. The van der Waals surface area contributed by atoms with E-state index >= 15 is 0 Å². The quantitative estimate of drug-likeness (QED) is 0.769. The lowest BCUT2D eigenvalue weighted by Gasteiger charge is -2.01. The molecule has 80 valence electrons. The lowest BCUT2D eigenvalue weighted by Crippen LogP contribution is -1.80. The largest absolute Gasteiger partial charge is 0.278 e. The molecule has 1 aromatic heterocycles.